The molecule has 1 rings (SSSR count). The van der Waals surface area contributed by atoms with E-state index in [0.717, 1.165) is 11.0 Å². The zero-order valence-corrected chi connectivity index (χ0v) is 11.9. The standard InChI is InChI=1S/C13H19NO4S/c1-13(15,11-18-2)10-14-19(16,17)9-8-12-6-4-3-5-7-12/h3-9,14-15H,10-11H2,1-2H3/b9-8+/t13-/m1/s1. The number of ether oxygens (including phenoxy) is 1. The Morgan fingerprint density at radius 1 is 1.37 bits per heavy atom. The van der Waals surface area contributed by atoms with Gasteiger partial charge in [0.05, 0.1) is 12.2 Å². The fourth-order valence-corrected chi connectivity index (χ4v) is 2.34. The van der Waals surface area contributed by atoms with E-state index in [-0.39, 0.29) is 13.2 Å². The molecule has 0 saturated carbocycles. The molecule has 1 aromatic rings. The topological polar surface area (TPSA) is 75.6 Å². The average molecular weight is 285 g/mol. The van der Waals surface area contributed by atoms with E-state index in [1.54, 1.807) is 12.1 Å². The Morgan fingerprint density at radius 3 is 2.58 bits per heavy atom. The highest BCUT2D eigenvalue weighted by Crippen LogP contribution is 2.05. The molecule has 0 spiro atoms. The van der Waals surface area contributed by atoms with Gasteiger partial charge in [0.15, 0.2) is 0 Å². The van der Waals surface area contributed by atoms with E-state index < -0.39 is 15.6 Å². The van der Waals surface area contributed by atoms with Gasteiger partial charge in [-0.15, -0.1) is 0 Å². The van der Waals surface area contributed by atoms with E-state index in [9.17, 15) is 13.5 Å². The zero-order valence-electron chi connectivity index (χ0n) is 11.0. The summed E-state index contributed by atoms with van der Waals surface area (Å²) in [6.07, 6.45) is 1.49. The van der Waals surface area contributed by atoms with Crippen molar-refractivity contribution in [1.29, 1.82) is 0 Å². The first-order chi connectivity index (χ1) is 8.85. The molecule has 0 radical (unpaired) electrons. The molecule has 0 heterocycles. The normalized spacial score (nSPS) is 15.5. The maximum atomic E-state index is 11.7. The summed E-state index contributed by atoms with van der Waals surface area (Å²) in [7, 11) is -2.13. The van der Waals surface area contributed by atoms with E-state index in [4.69, 9.17) is 4.74 Å². The Kier molecular flexibility index (Phi) is 5.68. The summed E-state index contributed by atoms with van der Waals surface area (Å²) in [5.41, 5.74) is -0.445. The summed E-state index contributed by atoms with van der Waals surface area (Å²) in [5.74, 6) is 0. The van der Waals surface area contributed by atoms with Crippen LogP contribution in [0.25, 0.3) is 6.08 Å². The highest BCUT2D eigenvalue weighted by molar-refractivity contribution is 7.92. The SMILES string of the molecule is COC[C@](C)(O)CNS(=O)(=O)/C=C/c1ccccc1. The molecule has 106 valence electrons. The van der Waals surface area contributed by atoms with Crippen molar-refractivity contribution in [3.63, 3.8) is 0 Å². The van der Waals surface area contributed by atoms with Gasteiger partial charge in [-0.25, -0.2) is 13.1 Å². The maximum absolute atomic E-state index is 11.7. The van der Waals surface area contributed by atoms with Gasteiger partial charge in [-0.05, 0) is 18.6 Å². The lowest BCUT2D eigenvalue weighted by molar-refractivity contribution is -0.0119. The van der Waals surface area contributed by atoms with E-state index in [1.165, 1.54) is 20.1 Å². The predicted molar refractivity (Wildman–Crippen MR) is 74.9 cm³/mol. The largest absolute Gasteiger partial charge is 0.386 e. The Morgan fingerprint density at radius 2 is 2.00 bits per heavy atom. The van der Waals surface area contributed by atoms with Gasteiger partial charge >= 0.3 is 0 Å². The van der Waals surface area contributed by atoms with Crippen molar-refractivity contribution in [2.45, 2.75) is 12.5 Å². The molecule has 1 atom stereocenters. The molecule has 0 fully saturated rings. The number of hydrogen-bond donors (Lipinski definition) is 2. The van der Waals surface area contributed by atoms with Crippen LogP contribution in [-0.2, 0) is 14.8 Å². The van der Waals surface area contributed by atoms with E-state index in [1.807, 2.05) is 18.2 Å². The third-order valence-corrected chi connectivity index (χ3v) is 3.39. The van der Waals surface area contributed by atoms with Crippen LogP contribution in [0.15, 0.2) is 35.7 Å². The van der Waals surface area contributed by atoms with Crippen molar-refractivity contribution in [3.8, 4) is 0 Å². The van der Waals surface area contributed by atoms with E-state index in [0.29, 0.717) is 0 Å². The predicted octanol–water partition coefficient (Wildman–Crippen LogP) is 0.974. The van der Waals surface area contributed by atoms with Crippen molar-refractivity contribution in [2.75, 3.05) is 20.3 Å². The first-order valence-electron chi connectivity index (χ1n) is 5.79. The minimum atomic E-state index is -3.58. The van der Waals surface area contributed by atoms with Crippen molar-refractivity contribution in [3.05, 3.63) is 41.3 Å². The summed E-state index contributed by atoms with van der Waals surface area (Å²) in [4.78, 5) is 0. The molecule has 2 N–H and O–H groups in total. The summed E-state index contributed by atoms with van der Waals surface area (Å²) in [5, 5.41) is 10.9. The summed E-state index contributed by atoms with van der Waals surface area (Å²) >= 11 is 0. The van der Waals surface area contributed by atoms with Gasteiger partial charge in [0.2, 0.25) is 10.0 Å². The molecule has 0 bridgehead atoms. The zero-order chi connectivity index (χ0) is 14.4. The molecule has 0 amide bonds. The van der Waals surface area contributed by atoms with Crippen molar-refractivity contribution in [1.82, 2.24) is 4.72 Å². The number of hydrogen-bond acceptors (Lipinski definition) is 4. The van der Waals surface area contributed by atoms with Crippen LogP contribution < -0.4 is 4.72 Å². The molecule has 0 aliphatic rings. The molecule has 19 heavy (non-hydrogen) atoms. The summed E-state index contributed by atoms with van der Waals surface area (Å²) in [6.45, 7) is 1.44. The van der Waals surface area contributed by atoms with Crippen LogP contribution in [0.5, 0.6) is 0 Å². The monoisotopic (exact) mass is 285 g/mol. The smallest absolute Gasteiger partial charge is 0.233 e. The lowest BCUT2D eigenvalue weighted by atomic mass is 10.1. The van der Waals surface area contributed by atoms with Crippen molar-refractivity contribution < 1.29 is 18.3 Å². The molecule has 1 aromatic carbocycles. The summed E-state index contributed by atoms with van der Waals surface area (Å²) in [6, 6.07) is 9.10. The molecule has 0 unspecified atom stereocenters. The van der Waals surface area contributed by atoms with E-state index >= 15 is 0 Å². The highest BCUT2D eigenvalue weighted by atomic mass is 32.2. The van der Waals surface area contributed by atoms with E-state index in [2.05, 4.69) is 4.72 Å². The quantitative estimate of drug-likeness (QED) is 0.783. The number of sulfonamides is 1. The molecule has 5 nitrogen and oxygen atoms in total. The fourth-order valence-electron chi connectivity index (χ4n) is 1.40. The van der Waals surface area contributed by atoms with Gasteiger partial charge in [-0.3, -0.25) is 0 Å². The van der Waals surface area contributed by atoms with Gasteiger partial charge < -0.3 is 9.84 Å². The molecular formula is C13H19NO4S. The molecule has 0 aliphatic heterocycles. The second kappa shape index (κ2) is 6.81. The van der Waals surface area contributed by atoms with Crippen LogP contribution in [0.3, 0.4) is 0 Å². The van der Waals surface area contributed by atoms with Gasteiger partial charge in [0, 0.05) is 19.1 Å². The minimum absolute atomic E-state index is 0.0535. The molecule has 0 aliphatic carbocycles. The lowest BCUT2D eigenvalue weighted by Crippen LogP contribution is -2.43. The van der Waals surface area contributed by atoms with Gasteiger partial charge in [-0.1, -0.05) is 30.3 Å². The molecule has 0 aromatic heterocycles. The van der Waals surface area contributed by atoms with Crippen LogP contribution in [-0.4, -0.2) is 39.4 Å². The Hall–Kier alpha value is -1.21. The Balaban J connectivity index is 2.60. The number of nitrogens with one attached hydrogen (secondary N) is 1. The number of benzene rings is 1. The minimum Gasteiger partial charge on any atom is -0.386 e. The second-order valence-corrected chi connectivity index (χ2v) is 6.16. The van der Waals surface area contributed by atoms with Crippen LogP contribution in [0.1, 0.15) is 12.5 Å². The number of aliphatic hydroxyl groups is 1. The van der Waals surface area contributed by atoms with Crippen molar-refractivity contribution >= 4 is 16.1 Å². The number of methoxy groups -OCH3 is 1. The highest BCUT2D eigenvalue weighted by Gasteiger charge is 2.22. The van der Waals surface area contributed by atoms with Crippen molar-refractivity contribution in [2.24, 2.45) is 0 Å². The Bertz CT molecular complexity index is 509. The maximum Gasteiger partial charge on any atom is 0.233 e. The first kappa shape index (κ1) is 15.8. The molecule has 6 heteroatoms. The average Bonchev–Trinajstić information content (AvgIpc) is 2.36. The van der Waals surface area contributed by atoms with Crippen LogP contribution in [0.2, 0.25) is 0 Å². The third-order valence-electron chi connectivity index (χ3n) is 2.35. The van der Waals surface area contributed by atoms with Gasteiger partial charge in [0.1, 0.15) is 0 Å². The van der Waals surface area contributed by atoms with Crippen LogP contribution in [0.4, 0.5) is 0 Å². The Labute approximate surface area is 114 Å². The van der Waals surface area contributed by atoms with Crippen LogP contribution >= 0.6 is 0 Å². The second-order valence-electron chi connectivity index (χ2n) is 4.51. The lowest BCUT2D eigenvalue weighted by Gasteiger charge is -2.21. The van der Waals surface area contributed by atoms with Crippen LogP contribution in [0, 0.1) is 0 Å². The number of rotatable bonds is 7. The molecular weight excluding hydrogens is 266 g/mol. The third kappa shape index (κ3) is 6.49. The molecule has 0 saturated heterocycles. The summed E-state index contributed by atoms with van der Waals surface area (Å²) < 4.78 is 30.5. The fraction of sp³-hybridized carbons (Fsp3) is 0.385. The van der Waals surface area contributed by atoms with Gasteiger partial charge in [-0.2, -0.15) is 0 Å². The van der Waals surface area contributed by atoms with Gasteiger partial charge in [0.25, 0.3) is 0 Å². The first-order valence-corrected chi connectivity index (χ1v) is 7.33.